The van der Waals surface area contributed by atoms with Gasteiger partial charge in [0.25, 0.3) is 5.91 Å². The molecule has 4 nitrogen and oxygen atoms in total. The van der Waals surface area contributed by atoms with Gasteiger partial charge in [0.15, 0.2) is 0 Å². The second kappa shape index (κ2) is 5.32. The minimum absolute atomic E-state index is 0.0783. The van der Waals surface area contributed by atoms with Crippen LogP contribution in [0.1, 0.15) is 29.1 Å². The lowest BCUT2D eigenvalue weighted by molar-refractivity contribution is -0.141. The van der Waals surface area contributed by atoms with Crippen LogP contribution in [0.15, 0.2) is 11.4 Å². The van der Waals surface area contributed by atoms with Gasteiger partial charge in [0.1, 0.15) is 6.04 Å². The van der Waals surface area contributed by atoms with E-state index in [1.165, 1.54) is 28.0 Å². The molecule has 0 bridgehead atoms. The van der Waals surface area contributed by atoms with Crippen molar-refractivity contribution >= 4 is 35.0 Å². The Morgan fingerprint density at radius 3 is 2.89 bits per heavy atom. The predicted molar refractivity (Wildman–Crippen MR) is 73.2 cm³/mol. The van der Waals surface area contributed by atoms with Gasteiger partial charge in [0.05, 0.1) is 10.3 Å². The van der Waals surface area contributed by atoms with Crippen LogP contribution in [-0.4, -0.2) is 39.1 Å². The summed E-state index contributed by atoms with van der Waals surface area (Å²) < 4.78 is 0. The zero-order valence-corrected chi connectivity index (χ0v) is 11.9. The van der Waals surface area contributed by atoms with Crippen LogP contribution in [-0.2, 0) is 11.2 Å². The molecule has 0 radical (unpaired) electrons. The largest absolute Gasteiger partial charge is 0.480 e. The Morgan fingerprint density at radius 1 is 1.56 bits per heavy atom. The predicted octanol–water partition coefficient (Wildman–Crippen LogP) is 2.30. The quantitative estimate of drug-likeness (QED) is 0.926. The highest BCUT2D eigenvalue weighted by molar-refractivity contribution is 8.00. The number of hydrogen-bond donors (Lipinski definition) is 1. The average molecular weight is 285 g/mol. The fourth-order valence-corrected chi connectivity index (χ4v) is 4.17. The number of thiophene rings is 1. The van der Waals surface area contributed by atoms with E-state index in [0.717, 1.165) is 12.0 Å². The molecule has 1 N–H and O–H groups in total. The van der Waals surface area contributed by atoms with Gasteiger partial charge in [0.2, 0.25) is 0 Å². The third-order valence-corrected chi connectivity index (χ3v) is 5.23. The first kappa shape index (κ1) is 13.4. The van der Waals surface area contributed by atoms with Gasteiger partial charge in [0, 0.05) is 5.75 Å². The van der Waals surface area contributed by atoms with Crippen molar-refractivity contribution in [1.29, 1.82) is 0 Å². The summed E-state index contributed by atoms with van der Waals surface area (Å²) in [5, 5.41) is 11.0. The molecule has 98 valence electrons. The Kier molecular flexibility index (Phi) is 3.97. The summed E-state index contributed by atoms with van der Waals surface area (Å²) in [6.07, 6.45) is 0.789. The molecule has 0 aromatic carbocycles. The molecule has 6 heteroatoms. The maximum absolute atomic E-state index is 12.5. The lowest BCUT2D eigenvalue weighted by atomic mass is 10.1. The summed E-state index contributed by atoms with van der Waals surface area (Å²) in [7, 11) is 0. The van der Waals surface area contributed by atoms with Gasteiger partial charge in [-0.25, -0.2) is 4.79 Å². The molecular weight excluding hydrogens is 270 g/mol. The summed E-state index contributed by atoms with van der Waals surface area (Å²) in [6.45, 7) is 3.88. The molecule has 2 atom stereocenters. The first-order valence-corrected chi connectivity index (χ1v) is 7.72. The van der Waals surface area contributed by atoms with Crippen molar-refractivity contribution in [3.05, 3.63) is 21.9 Å². The van der Waals surface area contributed by atoms with Crippen LogP contribution < -0.4 is 0 Å². The number of thioether (sulfide) groups is 1. The molecule has 2 rings (SSSR count). The summed E-state index contributed by atoms with van der Waals surface area (Å²) >= 11 is 2.90. The topological polar surface area (TPSA) is 57.6 Å². The number of carbonyl (C=O) groups excluding carboxylic acids is 1. The normalized spacial score (nSPS) is 23.3. The number of carboxylic acid groups (broad SMARTS) is 1. The lowest BCUT2D eigenvalue weighted by Gasteiger charge is -2.24. The van der Waals surface area contributed by atoms with Gasteiger partial charge in [-0.3, -0.25) is 4.79 Å². The number of rotatable bonds is 3. The molecule has 2 unspecified atom stereocenters. The number of hydrogen-bond acceptors (Lipinski definition) is 4. The fraction of sp³-hybridized carbons (Fsp3) is 0.500. The van der Waals surface area contributed by atoms with E-state index in [-0.39, 0.29) is 11.3 Å². The molecule has 18 heavy (non-hydrogen) atoms. The Hall–Kier alpha value is -1.01. The van der Waals surface area contributed by atoms with Crippen molar-refractivity contribution in [2.45, 2.75) is 31.7 Å². The SMILES string of the molecule is CCc1ccsc1C(=O)N1C(C)SCC1C(=O)O. The van der Waals surface area contributed by atoms with Gasteiger partial charge < -0.3 is 10.0 Å². The standard InChI is InChI=1S/C12H15NO3S2/c1-3-8-4-5-17-10(8)11(14)13-7(2)18-6-9(13)12(15)16/h4-5,7,9H,3,6H2,1-2H3,(H,15,16). The number of carboxylic acids is 1. The molecule has 1 aromatic rings. The Morgan fingerprint density at radius 2 is 2.28 bits per heavy atom. The maximum Gasteiger partial charge on any atom is 0.327 e. The van der Waals surface area contributed by atoms with E-state index in [2.05, 4.69) is 0 Å². The van der Waals surface area contributed by atoms with Crippen LogP contribution in [0.25, 0.3) is 0 Å². The number of aliphatic carboxylic acids is 1. The van der Waals surface area contributed by atoms with Crippen molar-refractivity contribution in [2.75, 3.05) is 5.75 Å². The molecule has 1 aromatic heterocycles. The van der Waals surface area contributed by atoms with Crippen molar-refractivity contribution < 1.29 is 14.7 Å². The van der Waals surface area contributed by atoms with Crippen LogP contribution in [0.2, 0.25) is 0 Å². The van der Waals surface area contributed by atoms with E-state index in [1.807, 2.05) is 25.3 Å². The van der Waals surface area contributed by atoms with Gasteiger partial charge in [-0.2, -0.15) is 0 Å². The van der Waals surface area contributed by atoms with Crippen molar-refractivity contribution in [3.63, 3.8) is 0 Å². The number of carbonyl (C=O) groups is 2. The van der Waals surface area contributed by atoms with E-state index in [9.17, 15) is 14.7 Å². The minimum atomic E-state index is -0.921. The summed E-state index contributed by atoms with van der Waals surface area (Å²) in [4.78, 5) is 25.8. The first-order chi connectivity index (χ1) is 8.56. The van der Waals surface area contributed by atoms with Crippen molar-refractivity contribution in [1.82, 2.24) is 4.90 Å². The smallest absolute Gasteiger partial charge is 0.327 e. The summed E-state index contributed by atoms with van der Waals surface area (Å²) in [5.41, 5.74) is 0.998. The molecule has 0 saturated carbocycles. The van der Waals surface area contributed by atoms with Gasteiger partial charge in [-0.15, -0.1) is 23.1 Å². The molecule has 1 amide bonds. The van der Waals surface area contributed by atoms with E-state index >= 15 is 0 Å². The van der Waals surface area contributed by atoms with E-state index in [4.69, 9.17) is 0 Å². The maximum atomic E-state index is 12.5. The Bertz CT molecular complexity index is 472. The zero-order valence-electron chi connectivity index (χ0n) is 10.3. The monoisotopic (exact) mass is 285 g/mol. The van der Waals surface area contributed by atoms with Gasteiger partial charge >= 0.3 is 5.97 Å². The van der Waals surface area contributed by atoms with Gasteiger partial charge in [-0.05, 0) is 30.4 Å². The van der Waals surface area contributed by atoms with Crippen molar-refractivity contribution in [2.24, 2.45) is 0 Å². The molecule has 1 fully saturated rings. The van der Waals surface area contributed by atoms with Crippen LogP contribution in [0.4, 0.5) is 0 Å². The molecule has 0 spiro atoms. The second-order valence-electron chi connectivity index (χ2n) is 4.13. The molecule has 0 aliphatic carbocycles. The van der Waals surface area contributed by atoms with E-state index in [0.29, 0.717) is 10.6 Å². The highest BCUT2D eigenvalue weighted by atomic mass is 32.2. The van der Waals surface area contributed by atoms with Crippen LogP contribution in [0.3, 0.4) is 0 Å². The zero-order chi connectivity index (χ0) is 13.3. The van der Waals surface area contributed by atoms with Crippen LogP contribution in [0, 0.1) is 0 Å². The molecule has 1 saturated heterocycles. The van der Waals surface area contributed by atoms with Gasteiger partial charge in [-0.1, -0.05) is 6.92 Å². The highest BCUT2D eigenvalue weighted by Crippen LogP contribution is 2.32. The van der Waals surface area contributed by atoms with E-state index < -0.39 is 12.0 Å². The van der Waals surface area contributed by atoms with Crippen molar-refractivity contribution in [3.8, 4) is 0 Å². The number of aryl methyl sites for hydroxylation is 1. The lowest BCUT2D eigenvalue weighted by Crippen LogP contribution is -2.44. The molecule has 1 aliphatic heterocycles. The minimum Gasteiger partial charge on any atom is -0.480 e. The highest BCUT2D eigenvalue weighted by Gasteiger charge is 2.40. The summed E-state index contributed by atoms with van der Waals surface area (Å²) in [6, 6.07) is 1.23. The third kappa shape index (κ3) is 2.27. The molecule has 1 aliphatic rings. The third-order valence-electron chi connectivity index (χ3n) is 3.06. The number of nitrogens with zero attached hydrogens (tertiary/aromatic N) is 1. The summed E-state index contributed by atoms with van der Waals surface area (Å²) in [5.74, 6) is -0.601. The first-order valence-electron chi connectivity index (χ1n) is 5.79. The molecular formula is C12H15NO3S2. The second-order valence-corrected chi connectivity index (χ2v) is 6.39. The average Bonchev–Trinajstić information content (AvgIpc) is 2.93. The number of amides is 1. The van der Waals surface area contributed by atoms with Crippen LogP contribution >= 0.6 is 23.1 Å². The van der Waals surface area contributed by atoms with E-state index in [1.54, 1.807) is 0 Å². The van der Waals surface area contributed by atoms with Crippen LogP contribution in [0.5, 0.6) is 0 Å². The Labute approximate surface area is 114 Å². The molecule has 2 heterocycles. The Balaban J connectivity index is 2.29. The fourth-order valence-electron chi connectivity index (χ4n) is 2.06.